The normalized spacial score (nSPS) is 10.6. The van der Waals surface area contributed by atoms with E-state index in [0.717, 1.165) is 30.3 Å². The summed E-state index contributed by atoms with van der Waals surface area (Å²) >= 11 is 0. The van der Waals surface area contributed by atoms with E-state index in [1.54, 1.807) is 0 Å². The molecule has 3 aromatic carbocycles. The van der Waals surface area contributed by atoms with Crippen LogP contribution in [0.2, 0.25) is 0 Å². The van der Waals surface area contributed by atoms with Crippen LogP contribution < -0.4 is 10.2 Å². The maximum Gasteiger partial charge on any atom is 0.344 e. The van der Waals surface area contributed by atoms with Crippen molar-refractivity contribution in [3.05, 3.63) is 112 Å². The molecule has 0 aromatic heterocycles. The number of non-ortho nitro benzene ring substituents is 3. The highest BCUT2D eigenvalue weighted by Gasteiger charge is 2.21. The van der Waals surface area contributed by atoms with Crippen LogP contribution in [0.15, 0.2) is 65.8 Å². The van der Waals surface area contributed by atoms with Gasteiger partial charge in [0.1, 0.15) is 11.4 Å². The van der Waals surface area contributed by atoms with E-state index in [1.807, 2.05) is 0 Å². The second kappa shape index (κ2) is 10.4. The maximum absolute atomic E-state index is 12.3. The van der Waals surface area contributed by atoms with Crippen LogP contribution in [0.3, 0.4) is 0 Å². The lowest BCUT2D eigenvalue weighted by atomic mass is 10.1. The third kappa shape index (κ3) is 5.95. The number of anilines is 1. The second-order valence-corrected chi connectivity index (χ2v) is 6.80. The molecule has 0 saturated carbocycles. The number of esters is 1. The van der Waals surface area contributed by atoms with Gasteiger partial charge in [-0.3, -0.25) is 45.9 Å². The van der Waals surface area contributed by atoms with Crippen LogP contribution in [0, 0.1) is 40.5 Å². The van der Waals surface area contributed by atoms with Gasteiger partial charge in [0.2, 0.25) is 0 Å². The minimum Gasteiger partial charge on any atom is -0.423 e. The minimum atomic E-state index is -1.06. The van der Waals surface area contributed by atoms with Crippen LogP contribution in [0.4, 0.5) is 28.4 Å². The van der Waals surface area contributed by atoms with Crippen LogP contribution in [0.5, 0.6) is 5.75 Å². The molecule has 1 N–H and O–H groups in total. The SMILES string of the molecule is O=C(Oc1ccc(C=NNc2ccc([N+](=O)[O-])cc2[N+](=O)[O-])cc1)c1cc([N+](=O)[O-])cc([N+](=O)[O-])c1. The van der Waals surface area contributed by atoms with E-state index in [2.05, 4.69) is 10.5 Å². The van der Waals surface area contributed by atoms with Crippen molar-refractivity contribution in [2.45, 2.75) is 0 Å². The lowest BCUT2D eigenvalue weighted by Gasteiger charge is -2.05. The number of nitrogens with one attached hydrogen (secondary N) is 1. The van der Waals surface area contributed by atoms with E-state index in [4.69, 9.17) is 4.74 Å². The Morgan fingerprint density at radius 2 is 1.33 bits per heavy atom. The molecule has 36 heavy (non-hydrogen) atoms. The number of rotatable bonds is 9. The first-order valence-corrected chi connectivity index (χ1v) is 9.53. The molecule has 0 bridgehead atoms. The Morgan fingerprint density at radius 1 is 0.750 bits per heavy atom. The molecule has 0 aliphatic carbocycles. The molecular weight excluding hydrogens is 484 g/mol. The molecule has 16 heteroatoms. The Bertz CT molecular complexity index is 1390. The summed E-state index contributed by atoms with van der Waals surface area (Å²) in [5.74, 6) is -1.04. The highest BCUT2D eigenvalue weighted by Crippen LogP contribution is 2.29. The zero-order valence-corrected chi connectivity index (χ0v) is 17.7. The summed E-state index contributed by atoms with van der Waals surface area (Å²) in [5, 5.41) is 47.7. The monoisotopic (exact) mass is 496 g/mol. The van der Waals surface area contributed by atoms with Gasteiger partial charge in [0.25, 0.3) is 17.1 Å². The number of hydrazone groups is 1. The maximum atomic E-state index is 12.3. The first-order chi connectivity index (χ1) is 17.0. The van der Waals surface area contributed by atoms with E-state index in [1.165, 1.54) is 30.5 Å². The van der Waals surface area contributed by atoms with Gasteiger partial charge < -0.3 is 4.74 Å². The van der Waals surface area contributed by atoms with Gasteiger partial charge in [-0.2, -0.15) is 5.10 Å². The van der Waals surface area contributed by atoms with Crippen molar-refractivity contribution in [1.82, 2.24) is 0 Å². The van der Waals surface area contributed by atoms with Crippen LogP contribution in [0.25, 0.3) is 0 Å². The van der Waals surface area contributed by atoms with Crippen molar-refractivity contribution in [3.8, 4) is 5.75 Å². The van der Waals surface area contributed by atoms with E-state index in [0.29, 0.717) is 11.6 Å². The van der Waals surface area contributed by atoms with Crippen molar-refractivity contribution in [2.24, 2.45) is 5.10 Å². The van der Waals surface area contributed by atoms with Gasteiger partial charge in [-0.15, -0.1) is 0 Å². The quantitative estimate of drug-likeness (QED) is 0.146. The highest BCUT2D eigenvalue weighted by molar-refractivity contribution is 5.92. The summed E-state index contributed by atoms with van der Waals surface area (Å²) in [6.07, 6.45) is 1.26. The summed E-state index contributed by atoms with van der Waals surface area (Å²) in [7, 11) is 0. The van der Waals surface area contributed by atoms with Gasteiger partial charge >= 0.3 is 11.7 Å². The summed E-state index contributed by atoms with van der Waals surface area (Å²) < 4.78 is 5.10. The highest BCUT2D eigenvalue weighted by atomic mass is 16.6. The summed E-state index contributed by atoms with van der Waals surface area (Å²) in [6.45, 7) is 0. The molecule has 0 fully saturated rings. The van der Waals surface area contributed by atoms with Gasteiger partial charge in [0.15, 0.2) is 0 Å². The van der Waals surface area contributed by atoms with Crippen LogP contribution in [0.1, 0.15) is 15.9 Å². The van der Waals surface area contributed by atoms with Crippen LogP contribution in [-0.2, 0) is 0 Å². The Balaban J connectivity index is 1.70. The number of hydrogen-bond donors (Lipinski definition) is 1. The molecule has 0 spiro atoms. The first kappa shape index (κ1) is 24.8. The van der Waals surface area contributed by atoms with Gasteiger partial charge in [-0.05, 0) is 35.9 Å². The predicted molar refractivity (Wildman–Crippen MR) is 122 cm³/mol. The lowest BCUT2D eigenvalue weighted by Crippen LogP contribution is -2.09. The van der Waals surface area contributed by atoms with Gasteiger partial charge in [-0.25, -0.2) is 4.79 Å². The fourth-order valence-corrected chi connectivity index (χ4v) is 2.77. The molecule has 0 saturated heterocycles. The molecule has 182 valence electrons. The summed E-state index contributed by atoms with van der Waals surface area (Å²) in [5.41, 5.74) is 0.0871. The molecule has 3 rings (SSSR count). The van der Waals surface area contributed by atoms with Crippen LogP contribution >= 0.6 is 0 Å². The van der Waals surface area contributed by atoms with E-state index >= 15 is 0 Å². The van der Waals surface area contributed by atoms with Crippen molar-refractivity contribution >= 4 is 40.6 Å². The molecule has 0 atom stereocenters. The molecule has 0 aliphatic rings. The predicted octanol–water partition coefficient (Wildman–Crippen LogP) is 3.98. The standard InChI is InChI=1S/C20H12N6O10/c27-20(13-7-15(24(30)31)9-16(8-13)25(32)33)36-17-4-1-12(2-5-17)11-21-22-18-6-3-14(23(28)29)10-19(18)26(34)35/h1-11,22H. The van der Waals surface area contributed by atoms with Crippen LogP contribution in [-0.4, -0.2) is 31.9 Å². The van der Waals surface area contributed by atoms with Crippen molar-refractivity contribution in [1.29, 1.82) is 0 Å². The van der Waals surface area contributed by atoms with E-state index in [9.17, 15) is 45.3 Å². The molecule has 0 unspecified atom stereocenters. The Kier molecular flexibility index (Phi) is 7.19. The third-order valence-corrected chi connectivity index (χ3v) is 4.44. The molecule has 0 aliphatic heterocycles. The third-order valence-electron chi connectivity index (χ3n) is 4.44. The molecular formula is C20H12N6O10. The van der Waals surface area contributed by atoms with Gasteiger partial charge in [0, 0.05) is 18.2 Å². The zero-order chi connectivity index (χ0) is 26.4. The Labute approximate surface area is 199 Å². The van der Waals surface area contributed by atoms with Crippen molar-refractivity contribution < 1.29 is 29.2 Å². The fraction of sp³-hybridized carbons (Fsp3) is 0. The topological polar surface area (TPSA) is 223 Å². The largest absolute Gasteiger partial charge is 0.423 e. The number of carbonyl (C=O) groups excluding carboxylic acids is 1. The summed E-state index contributed by atoms with van der Waals surface area (Å²) in [6, 6.07) is 11.0. The van der Waals surface area contributed by atoms with Crippen molar-refractivity contribution in [3.63, 3.8) is 0 Å². The number of nitro benzene ring substituents is 4. The molecule has 16 nitrogen and oxygen atoms in total. The van der Waals surface area contributed by atoms with E-state index in [-0.39, 0.29) is 11.4 Å². The fourth-order valence-electron chi connectivity index (χ4n) is 2.77. The minimum absolute atomic E-state index is 0.0188. The summed E-state index contributed by atoms with van der Waals surface area (Å²) in [4.78, 5) is 52.9. The molecule has 0 amide bonds. The number of benzene rings is 3. The molecule has 0 heterocycles. The first-order valence-electron chi connectivity index (χ1n) is 9.53. The number of hydrogen-bond acceptors (Lipinski definition) is 12. The van der Waals surface area contributed by atoms with E-state index < -0.39 is 54.0 Å². The number of nitrogens with zero attached hydrogens (tertiary/aromatic N) is 5. The van der Waals surface area contributed by atoms with Gasteiger partial charge in [0.05, 0.1) is 43.6 Å². The lowest BCUT2D eigenvalue weighted by molar-refractivity contribution is -0.394. The smallest absolute Gasteiger partial charge is 0.344 e. The van der Waals surface area contributed by atoms with Crippen molar-refractivity contribution in [2.75, 3.05) is 5.43 Å². The number of ether oxygens (including phenoxy) is 1. The average molecular weight is 496 g/mol. The Morgan fingerprint density at radius 3 is 1.86 bits per heavy atom. The number of nitro groups is 4. The molecule has 3 aromatic rings. The Hall–Kier alpha value is -5.80. The second-order valence-electron chi connectivity index (χ2n) is 6.80. The average Bonchev–Trinajstić information content (AvgIpc) is 2.84. The number of carbonyl (C=O) groups is 1. The zero-order valence-electron chi connectivity index (χ0n) is 17.7. The van der Waals surface area contributed by atoms with Gasteiger partial charge in [-0.1, -0.05) is 0 Å². The molecule has 0 radical (unpaired) electrons.